The van der Waals surface area contributed by atoms with Crippen LogP contribution in [-0.2, 0) is 0 Å². The van der Waals surface area contributed by atoms with Crippen LogP contribution in [0.1, 0.15) is 37.1 Å². The highest BCUT2D eigenvalue weighted by Crippen LogP contribution is 2.22. The van der Waals surface area contributed by atoms with Gasteiger partial charge in [-0.1, -0.05) is 31.2 Å². The summed E-state index contributed by atoms with van der Waals surface area (Å²) in [5.74, 6) is 0. The van der Waals surface area contributed by atoms with Gasteiger partial charge in [0.25, 0.3) is 0 Å². The van der Waals surface area contributed by atoms with Gasteiger partial charge in [0.05, 0.1) is 17.3 Å². The van der Waals surface area contributed by atoms with Crippen molar-refractivity contribution < 1.29 is 0 Å². The van der Waals surface area contributed by atoms with Crippen molar-refractivity contribution >= 4 is 10.9 Å². The summed E-state index contributed by atoms with van der Waals surface area (Å²) >= 11 is 0. The number of hydrogen-bond donors (Lipinski definition) is 1. The molecule has 1 unspecified atom stereocenters. The molecule has 100 valence electrons. The van der Waals surface area contributed by atoms with Crippen LogP contribution < -0.4 is 5.32 Å². The number of nitrogens with zero attached hydrogens (tertiary/aromatic N) is 1. The Bertz CT molecular complexity index is 560. The molecule has 0 saturated carbocycles. The predicted octanol–water partition coefficient (Wildman–Crippen LogP) is 4.16. The van der Waals surface area contributed by atoms with Gasteiger partial charge >= 0.3 is 0 Å². The monoisotopic (exact) mass is 254 g/mol. The fourth-order valence-corrected chi connectivity index (χ4v) is 2.35. The highest BCUT2D eigenvalue weighted by molar-refractivity contribution is 5.82. The molecule has 0 aliphatic carbocycles. The Kier molecular flexibility index (Phi) is 4.69. The lowest BCUT2D eigenvalue weighted by atomic mass is 10.0. The number of benzene rings is 1. The van der Waals surface area contributed by atoms with Crippen molar-refractivity contribution in [1.29, 1.82) is 0 Å². The Labute approximate surface area is 115 Å². The van der Waals surface area contributed by atoms with Crippen molar-refractivity contribution in [2.45, 2.75) is 32.7 Å². The second-order valence-corrected chi connectivity index (χ2v) is 4.91. The van der Waals surface area contributed by atoms with E-state index < -0.39 is 0 Å². The molecule has 0 fully saturated rings. The Balaban J connectivity index is 2.38. The van der Waals surface area contributed by atoms with Gasteiger partial charge in [-0.2, -0.15) is 0 Å². The molecule has 2 nitrogen and oxygen atoms in total. The Morgan fingerprint density at radius 1 is 1.37 bits per heavy atom. The van der Waals surface area contributed by atoms with Gasteiger partial charge in [0, 0.05) is 5.39 Å². The number of aromatic nitrogens is 1. The number of aryl methyl sites for hydroxylation is 1. The molecule has 0 saturated heterocycles. The van der Waals surface area contributed by atoms with E-state index in [9.17, 15) is 0 Å². The lowest BCUT2D eigenvalue weighted by Crippen LogP contribution is -2.22. The molecule has 1 heterocycles. The largest absolute Gasteiger partial charge is 0.308 e. The highest BCUT2D eigenvalue weighted by Gasteiger charge is 2.12. The summed E-state index contributed by atoms with van der Waals surface area (Å²) in [6, 6.07) is 10.8. The number of rotatable bonds is 6. The lowest BCUT2D eigenvalue weighted by Gasteiger charge is -2.17. The van der Waals surface area contributed by atoms with E-state index in [0.29, 0.717) is 0 Å². The number of para-hydroxylation sites is 1. The normalized spacial score (nSPS) is 12.5. The van der Waals surface area contributed by atoms with E-state index in [4.69, 9.17) is 4.98 Å². The van der Waals surface area contributed by atoms with Gasteiger partial charge in [-0.05, 0) is 44.0 Å². The maximum absolute atomic E-state index is 4.80. The summed E-state index contributed by atoms with van der Waals surface area (Å²) in [5, 5.41) is 4.78. The average molecular weight is 254 g/mol. The summed E-state index contributed by atoms with van der Waals surface area (Å²) < 4.78 is 0. The van der Waals surface area contributed by atoms with Crippen molar-refractivity contribution in [1.82, 2.24) is 10.3 Å². The number of nitrogens with one attached hydrogen (secondary N) is 1. The topological polar surface area (TPSA) is 24.9 Å². The van der Waals surface area contributed by atoms with Gasteiger partial charge in [-0.25, -0.2) is 0 Å². The minimum atomic E-state index is 0.265. The fourth-order valence-electron chi connectivity index (χ4n) is 2.35. The summed E-state index contributed by atoms with van der Waals surface area (Å²) in [4.78, 5) is 4.80. The maximum Gasteiger partial charge on any atom is 0.0708 e. The van der Waals surface area contributed by atoms with E-state index in [-0.39, 0.29) is 6.04 Å². The molecule has 1 aromatic heterocycles. The Morgan fingerprint density at radius 3 is 2.89 bits per heavy atom. The van der Waals surface area contributed by atoms with E-state index in [1.165, 1.54) is 10.9 Å². The molecular formula is C17H22N2. The van der Waals surface area contributed by atoms with E-state index in [2.05, 4.69) is 50.0 Å². The smallest absolute Gasteiger partial charge is 0.0708 e. The van der Waals surface area contributed by atoms with Gasteiger partial charge in [-0.3, -0.25) is 4.98 Å². The quantitative estimate of drug-likeness (QED) is 0.783. The van der Waals surface area contributed by atoms with Crippen molar-refractivity contribution in [3.63, 3.8) is 0 Å². The van der Waals surface area contributed by atoms with E-state index in [1.807, 2.05) is 12.1 Å². The molecule has 2 heteroatoms. The predicted molar refractivity (Wildman–Crippen MR) is 82.3 cm³/mol. The fraction of sp³-hybridized carbons (Fsp3) is 0.353. The number of fused-ring (bicyclic) bond motifs is 1. The molecule has 0 spiro atoms. The minimum Gasteiger partial charge on any atom is -0.308 e. The molecule has 2 aromatic rings. The van der Waals surface area contributed by atoms with Gasteiger partial charge in [0.2, 0.25) is 0 Å². The zero-order chi connectivity index (χ0) is 13.7. The molecule has 0 radical (unpaired) electrons. The first-order chi connectivity index (χ1) is 9.26. The summed E-state index contributed by atoms with van der Waals surface area (Å²) in [6.07, 6.45) is 3.99. The standard InChI is InChI=1S/C17H22N2/c1-4-8-16(18-11-5-2)17-12-13(3)14-9-6-7-10-15(14)19-17/h4,6-7,9-10,12,16,18H,1,5,8,11H2,2-3H3. The summed E-state index contributed by atoms with van der Waals surface area (Å²) in [6.45, 7) is 9.19. The molecule has 0 bridgehead atoms. The molecular weight excluding hydrogens is 232 g/mol. The first-order valence-electron chi connectivity index (χ1n) is 6.96. The first kappa shape index (κ1) is 13.8. The number of hydrogen-bond acceptors (Lipinski definition) is 2. The molecule has 19 heavy (non-hydrogen) atoms. The third kappa shape index (κ3) is 3.21. The van der Waals surface area contributed by atoms with Crippen molar-refractivity contribution in [3.8, 4) is 0 Å². The summed E-state index contributed by atoms with van der Waals surface area (Å²) in [7, 11) is 0. The third-order valence-corrected chi connectivity index (χ3v) is 3.34. The maximum atomic E-state index is 4.80. The van der Waals surface area contributed by atoms with Crippen LogP contribution in [0.4, 0.5) is 0 Å². The van der Waals surface area contributed by atoms with Crippen LogP contribution in [0.15, 0.2) is 43.0 Å². The van der Waals surface area contributed by atoms with E-state index in [0.717, 1.165) is 30.6 Å². The lowest BCUT2D eigenvalue weighted by molar-refractivity contribution is 0.527. The molecule has 0 amide bonds. The second kappa shape index (κ2) is 6.48. The molecule has 0 aliphatic rings. The van der Waals surface area contributed by atoms with Gasteiger partial charge in [-0.15, -0.1) is 6.58 Å². The van der Waals surface area contributed by atoms with Gasteiger partial charge < -0.3 is 5.32 Å². The van der Waals surface area contributed by atoms with Crippen molar-refractivity contribution in [3.05, 3.63) is 54.2 Å². The average Bonchev–Trinajstić information content (AvgIpc) is 2.43. The SMILES string of the molecule is C=CCC(NCCC)c1cc(C)c2ccccc2n1. The third-order valence-electron chi connectivity index (χ3n) is 3.34. The Hall–Kier alpha value is -1.67. The zero-order valence-corrected chi connectivity index (χ0v) is 11.8. The van der Waals surface area contributed by atoms with E-state index >= 15 is 0 Å². The number of pyridine rings is 1. The highest BCUT2D eigenvalue weighted by atomic mass is 14.9. The Morgan fingerprint density at radius 2 is 2.16 bits per heavy atom. The van der Waals surface area contributed by atoms with Crippen LogP contribution in [0, 0.1) is 6.92 Å². The van der Waals surface area contributed by atoms with Gasteiger partial charge in [0.1, 0.15) is 0 Å². The molecule has 1 N–H and O–H groups in total. The zero-order valence-electron chi connectivity index (χ0n) is 11.8. The van der Waals surface area contributed by atoms with Crippen LogP contribution >= 0.6 is 0 Å². The van der Waals surface area contributed by atoms with E-state index in [1.54, 1.807) is 0 Å². The van der Waals surface area contributed by atoms with Crippen LogP contribution in [0.25, 0.3) is 10.9 Å². The van der Waals surface area contributed by atoms with Crippen LogP contribution in [-0.4, -0.2) is 11.5 Å². The van der Waals surface area contributed by atoms with Crippen molar-refractivity contribution in [2.24, 2.45) is 0 Å². The molecule has 0 aliphatic heterocycles. The van der Waals surface area contributed by atoms with Crippen LogP contribution in [0.3, 0.4) is 0 Å². The molecule has 1 atom stereocenters. The molecule has 2 rings (SSSR count). The molecule has 1 aromatic carbocycles. The van der Waals surface area contributed by atoms with Gasteiger partial charge in [0.15, 0.2) is 0 Å². The van der Waals surface area contributed by atoms with Crippen LogP contribution in [0.2, 0.25) is 0 Å². The minimum absolute atomic E-state index is 0.265. The second-order valence-electron chi connectivity index (χ2n) is 4.91. The summed E-state index contributed by atoms with van der Waals surface area (Å²) in [5.41, 5.74) is 3.47. The first-order valence-corrected chi connectivity index (χ1v) is 6.96. The van der Waals surface area contributed by atoms with Crippen molar-refractivity contribution in [2.75, 3.05) is 6.54 Å². The van der Waals surface area contributed by atoms with Crippen LogP contribution in [0.5, 0.6) is 0 Å².